The van der Waals surface area contributed by atoms with Crippen molar-refractivity contribution in [2.24, 2.45) is 5.73 Å². The van der Waals surface area contributed by atoms with Gasteiger partial charge in [0.15, 0.2) is 0 Å². The van der Waals surface area contributed by atoms with E-state index in [1.807, 2.05) is 0 Å². The molecule has 7 heteroatoms. The predicted molar refractivity (Wildman–Crippen MR) is 71.3 cm³/mol. The number of ether oxygens (including phenoxy) is 1. The first-order chi connectivity index (χ1) is 8.74. The molecule has 19 heavy (non-hydrogen) atoms. The largest absolute Gasteiger partial charge is 0.487 e. The maximum atomic E-state index is 12.3. The first-order valence-electron chi connectivity index (χ1n) is 5.62. The molecule has 0 unspecified atom stereocenters. The molecule has 1 aliphatic rings. The third-order valence-corrected chi connectivity index (χ3v) is 2.68. The average molecular weight is 288 g/mol. The van der Waals surface area contributed by atoms with E-state index in [-0.39, 0.29) is 31.5 Å². The van der Waals surface area contributed by atoms with Crippen LogP contribution in [0.25, 0.3) is 0 Å². The van der Waals surface area contributed by atoms with Gasteiger partial charge in [0.05, 0.1) is 12.5 Å². The third kappa shape index (κ3) is 3.65. The van der Waals surface area contributed by atoms with Crippen molar-refractivity contribution in [1.29, 1.82) is 0 Å². The number of fused-ring (bicyclic) bond motifs is 1. The molecule has 0 radical (unpaired) electrons. The van der Waals surface area contributed by atoms with Crippen LogP contribution >= 0.6 is 12.4 Å². The van der Waals surface area contributed by atoms with Gasteiger partial charge in [0.25, 0.3) is 5.91 Å². The summed E-state index contributed by atoms with van der Waals surface area (Å²) in [6.07, 6.45) is 2.61. The van der Waals surface area contributed by atoms with Gasteiger partial charge in [-0.1, -0.05) is 0 Å². The molecule has 0 fully saturated rings. The van der Waals surface area contributed by atoms with E-state index in [0.29, 0.717) is 36.3 Å². The first kappa shape index (κ1) is 15.4. The number of carbonyl (C=O) groups is 1. The molecule has 1 aromatic rings. The molecular weight excluding hydrogens is 273 g/mol. The lowest BCUT2D eigenvalue weighted by Crippen LogP contribution is -2.32. The summed E-state index contributed by atoms with van der Waals surface area (Å²) in [4.78, 5) is 15.5. The summed E-state index contributed by atoms with van der Waals surface area (Å²) < 4.78 is 17.7. The molecule has 1 aromatic heterocycles. The summed E-state index contributed by atoms with van der Waals surface area (Å²) >= 11 is 0. The molecule has 0 aliphatic carbocycles. The Morgan fingerprint density at radius 2 is 2.42 bits per heavy atom. The van der Waals surface area contributed by atoms with Gasteiger partial charge in [-0.15, -0.1) is 12.4 Å². The molecular formula is C12H15ClFN3O2. The summed E-state index contributed by atoms with van der Waals surface area (Å²) in [6.45, 7) is 0.784. The van der Waals surface area contributed by atoms with Crippen LogP contribution in [0.1, 0.15) is 16.1 Å². The first-order valence-corrected chi connectivity index (χ1v) is 5.62. The lowest BCUT2D eigenvalue weighted by Gasteiger charge is -2.16. The van der Waals surface area contributed by atoms with E-state index in [0.717, 1.165) is 5.56 Å². The van der Waals surface area contributed by atoms with Crippen molar-refractivity contribution >= 4 is 18.3 Å². The second-order valence-corrected chi connectivity index (χ2v) is 3.94. The van der Waals surface area contributed by atoms with E-state index in [9.17, 15) is 9.18 Å². The highest BCUT2D eigenvalue weighted by Gasteiger charge is 2.18. The molecule has 1 aliphatic heterocycles. The molecule has 0 saturated heterocycles. The quantitative estimate of drug-likeness (QED) is 0.865. The second-order valence-electron chi connectivity index (χ2n) is 3.94. The normalized spacial score (nSPS) is 14.2. The van der Waals surface area contributed by atoms with Gasteiger partial charge in [-0.05, 0) is 18.1 Å². The van der Waals surface area contributed by atoms with Crippen LogP contribution in [0.4, 0.5) is 4.39 Å². The minimum absolute atomic E-state index is 0. The molecule has 0 atom stereocenters. The minimum Gasteiger partial charge on any atom is -0.487 e. The number of amides is 1. The fourth-order valence-electron chi connectivity index (χ4n) is 1.67. The summed E-state index contributed by atoms with van der Waals surface area (Å²) in [7, 11) is 0. The minimum atomic E-state index is -0.172. The van der Waals surface area contributed by atoms with Crippen molar-refractivity contribution in [3.63, 3.8) is 0 Å². The highest BCUT2D eigenvalue weighted by Crippen LogP contribution is 2.18. The molecule has 0 spiro atoms. The van der Waals surface area contributed by atoms with Gasteiger partial charge in [0.2, 0.25) is 0 Å². The van der Waals surface area contributed by atoms with Crippen LogP contribution in [-0.2, 0) is 6.42 Å². The van der Waals surface area contributed by atoms with Crippen LogP contribution in [0.5, 0.6) is 5.75 Å². The standard InChI is InChI=1S/C12H14FN3O2.ClH/c13-4-8(5-14)7-18-10-3-9-1-2-15-12(17)11(9)16-6-10;/h3-4,6H,1-2,5,7,14H2,(H,15,17);1H/b8-4+;. The molecule has 0 saturated carbocycles. The molecule has 104 valence electrons. The second kappa shape index (κ2) is 7.06. The number of aromatic nitrogens is 1. The number of hydrogen-bond donors (Lipinski definition) is 2. The summed E-state index contributed by atoms with van der Waals surface area (Å²) in [6, 6.07) is 1.76. The highest BCUT2D eigenvalue weighted by molar-refractivity contribution is 5.94. The number of carbonyl (C=O) groups excluding carboxylic acids is 1. The molecule has 5 nitrogen and oxygen atoms in total. The van der Waals surface area contributed by atoms with Crippen LogP contribution in [0, 0.1) is 0 Å². The van der Waals surface area contributed by atoms with Gasteiger partial charge in [0, 0.05) is 18.7 Å². The number of nitrogens with two attached hydrogens (primary N) is 1. The van der Waals surface area contributed by atoms with E-state index in [1.54, 1.807) is 6.07 Å². The van der Waals surface area contributed by atoms with E-state index < -0.39 is 0 Å². The maximum Gasteiger partial charge on any atom is 0.270 e. The Labute approximate surface area is 116 Å². The van der Waals surface area contributed by atoms with Gasteiger partial charge in [-0.3, -0.25) is 4.79 Å². The Morgan fingerprint density at radius 1 is 1.63 bits per heavy atom. The average Bonchev–Trinajstić information content (AvgIpc) is 2.40. The number of nitrogens with one attached hydrogen (secondary N) is 1. The molecule has 1 amide bonds. The third-order valence-electron chi connectivity index (χ3n) is 2.68. The van der Waals surface area contributed by atoms with Crippen LogP contribution in [0.3, 0.4) is 0 Å². The van der Waals surface area contributed by atoms with Gasteiger partial charge < -0.3 is 15.8 Å². The van der Waals surface area contributed by atoms with Crippen molar-refractivity contribution in [2.75, 3.05) is 19.7 Å². The summed E-state index contributed by atoms with van der Waals surface area (Å²) in [5.41, 5.74) is 6.95. The SMILES string of the molecule is Cl.NC/C(=C\F)COc1cnc2c(c1)CCNC2=O. The van der Waals surface area contributed by atoms with Crippen molar-refractivity contribution in [3.05, 3.63) is 35.4 Å². The Balaban J connectivity index is 0.00000180. The van der Waals surface area contributed by atoms with Crippen LogP contribution in [0.2, 0.25) is 0 Å². The molecule has 2 heterocycles. The topological polar surface area (TPSA) is 77.2 Å². The van der Waals surface area contributed by atoms with Gasteiger partial charge in [0.1, 0.15) is 18.1 Å². The Hall–Kier alpha value is -1.66. The zero-order valence-corrected chi connectivity index (χ0v) is 11.0. The Morgan fingerprint density at radius 3 is 3.11 bits per heavy atom. The smallest absolute Gasteiger partial charge is 0.270 e. The Bertz CT molecular complexity index is 494. The molecule has 2 rings (SSSR count). The zero-order chi connectivity index (χ0) is 13.0. The van der Waals surface area contributed by atoms with Crippen molar-refractivity contribution in [2.45, 2.75) is 6.42 Å². The molecule has 0 aromatic carbocycles. The van der Waals surface area contributed by atoms with Crippen LogP contribution in [0.15, 0.2) is 24.2 Å². The van der Waals surface area contributed by atoms with E-state index in [4.69, 9.17) is 10.5 Å². The van der Waals surface area contributed by atoms with E-state index in [2.05, 4.69) is 10.3 Å². The van der Waals surface area contributed by atoms with Crippen LogP contribution in [-0.4, -0.2) is 30.6 Å². The fourth-order valence-corrected chi connectivity index (χ4v) is 1.67. The number of hydrogen-bond acceptors (Lipinski definition) is 4. The Kier molecular flexibility index (Phi) is 5.72. The fraction of sp³-hybridized carbons (Fsp3) is 0.333. The van der Waals surface area contributed by atoms with E-state index >= 15 is 0 Å². The lowest BCUT2D eigenvalue weighted by atomic mass is 10.1. The molecule has 3 N–H and O–H groups in total. The van der Waals surface area contributed by atoms with Gasteiger partial charge in [-0.2, -0.15) is 0 Å². The number of pyridine rings is 1. The van der Waals surface area contributed by atoms with Gasteiger partial charge in [-0.25, -0.2) is 9.37 Å². The zero-order valence-electron chi connectivity index (χ0n) is 10.2. The van der Waals surface area contributed by atoms with Crippen LogP contribution < -0.4 is 15.8 Å². The van der Waals surface area contributed by atoms with Crippen molar-refractivity contribution in [1.82, 2.24) is 10.3 Å². The number of rotatable bonds is 4. The van der Waals surface area contributed by atoms with Crippen molar-refractivity contribution in [3.8, 4) is 5.75 Å². The molecule has 0 bridgehead atoms. The number of nitrogens with zero attached hydrogens (tertiary/aromatic N) is 1. The van der Waals surface area contributed by atoms with E-state index in [1.165, 1.54) is 6.20 Å². The monoisotopic (exact) mass is 287 g/mol. The summed E-state index contributed by atoms with van der Waals surface area (Å²) in [5, 5.41) is 2.71. The van der Waals surface area contributed by atoms with Crippen molar-refractivity contribution < 1.29 is 13.9 Å². The lowest BCUT2D eigenvalue weighted by molar-refractivity contribution is 0.0940. The van der Waals surface area contributed by atoms with Gasteiger partial charge >= 0.3 is 0 Å². The maximum absolute atomic E-state index is 12.3. The predicted octanol–water partition coefficient (Wildman–Crippen LogP) is 0.980. The number of halogens is 2. The summed E-state index contributed by atoms with van der Waals surface area (Å²) in [5.74, 6) is 0.338. The highest BCUT2D eigenvalue weighted by atomic mass is 35.5.